The number of allylic oxidation sites excluding steroid dienone is 4. The minimum atomic E-state index is -3.40. The Morgan fingerprint density at radius 1 is 0.818 bits per heavy atom. The Morgan fingerprint density at radius 2 is 1.32 bits per heavy atom. The van der Waals surface area contributed by atoms with Crippen LogP contribution in [0.1, 0.15) is 17.0 Å². The maximum Gasteiger partial charge on any atom is 0.327 e. The van der Waals surface area contributed by atoms with E-state index in [4.69, 9.17) is 0 Å². The molecule has 0 saturated heterocycles. The Hall–Kier alpha value is -2.55. The molecule has 3 heteroatoms. The van der Waals surface area contributed by atoms with Gasteiger partial charge in [-0.2, -0.15) is 8.78 Å². The fourth-order valence-corrected chi connectivity index (χ4v) is 2.63. The van der Waals surface area contributed by atoms with Crippen molar-refractivity contribution in [3.05, 3.63) is 95.6 Å². The third-order valence-electron chi connectivity index (χ3n) is 3.71. The summed E-state index contributed by atoms with van der Waals surface area (Å²) in [5.41, 5.74) is 2.50. The topological polar surface area (TPSA) is 17.1 Å². The number of hydrogen-bond acceptors (Lipinski definition) is 1. The van der Waals surface area contributed by atoms with Crippen molar-refractivity contribution in [2.24, 2.45) is 0 Å². The molecule has 0 N–H and O–H groups in total. The molecule has 22 heavy (non-hydrogen) atoms. The van der Waals surface area contributed by atoms with E-state index in [1.807, 2.05) is 60.7 Å². The Bertz CT molecular complexity index is 691. The predicted octanol–water partition coefficient (Wildman–Crippen LogP) is 4.52. The molecule has 2 aromatic carbocycles. The molecule has 1 aliphatic rings. The number of halogens is 2. The van der Waals surface area contributed by atoms with Gasteiger partial charge in [0.15, 0.2) is 0 Å². The molecule has 0 heterocycles. The van der Waals surface area contributed by atoms with Gasteiger partial charge in [-0.15, -0.1) is 0 Å². The number of benzene rings is 2. The number of carbonyl (C=O) groups is 1. The molecule has 1 aliphatic carbocycles. The molecular weight excluding hydrogens is 282 g/mol. The van der Waals surface area contributed by atoms with Crippen LogP contribution in [0.3, 0.4) is 0 Å². The molecule has 1 nitrogen and oxygen atoms in total. The Kier molecular flexibility index (Phi) is 3.72. The lowest BCUT2D eigenvalue weighted by molar-refractivity contribution is -0.131. The van der Waals surface area contributed by atoms with E-state index in [-0.39, 0.29) is 5.92 Å². The fourth-order valence-electron chi connectivity index (χ4n) is 2.63. The number of hydrogen-bond donors (Lipinski definition) is 0. The molecule has 3 rings (SSSR count). The Balaban J connectivity index is 2.08. The minimum absolute atomic E-state index is 0.237. The molecule has 2 aromatic rings. The second kappa shape index (κ2) is 5.68. The van der Waals surface area contributed by atoms with Crippen LogP contribution in [0.25, 0.3) is 0 Å². The zero-order chi connectivity index (χ0) is 15.6. The molecular formula is C19H14F2O. The summed E-state index contributed by atoms with van der Waals surface area (Å²) in [6.07, 6.45) is 3.10. The minimum Gasteiger partial charge on any atom is -0.288 e. The van der Waals surface area contributed by atoms with E-state index in [0.717, 1.165) is 17.2 Å². The summed E-state index contributed by atoms with van der Waals surface area (Å²) < 4.78 is 26.7. The molecule has 0 amide bonds. The van der Waals surface area contributed by atoms with Crippen LogP contribution in [0.4, 0.5) is 8.78 Å². The summed E-state index contributed by atoms with van der Waals surface area (Å²) in [6.45, 7) is 0. The zero-order valence-corrected chi connectivity index (χ0v) is 11.7. The molecule has 0 atom stereocenters. The molecule has 0 fully saturated rings. The molecule has 0 radical (unpaired) electrons. The van der Waals surface area contributed by atoms with Gasteiger partial charge in [0, 0.05) is 5.92 Å². The van der Waals surface area contributed by atoms with Gasteiger partial charge in [-0.1, -0.05) is 66.7 Å². The lowest BCUT2D eigenvalue weighted by Gasteiger charge is -2.23. The van der Waals surface area contributed by atoms with E-state index in [9.17, 15) is 13.6 Å². The molecule has 0 unspecified atom stereocenters. The van der Waals surface area contributed by atoms with Crippen molar-refractivity contribution in [1.82, 2.24) is 0 Å². The SMILES string of the molecule is O=C1C=C(C(c2ccccc2)c2ccccc2)C=CC1(F)F. The van der Waals surface area contributed by atoms with Gasteiger partial charge in [0.2, 0.25) is 5.78 Å². The van der Waals surface area contributed by atoms with Crippen molar-refractivity contribution < 1.29 is 13.6 Å². The fraction of sp³-hybridized carbons (Fsp3) is 0.105. The first kappa shape index (κ1) is 14.4. The van der Waals surface area contributed by atoms with Crippen LogP contribution in [0.2, 0.25) is 0 Å². The highest BCUT2D eigenvalue weighted by Crippen LogP contribution is 2.36. The number of rotatable bonds is 3. The van der Waals surface area contributed by atoms with E-state index in [1.165, 1.54) is 6.08 Å². The summed E-state index contributed by atoms with van der Waals surface area (Å²) in [5, 5.41) is 0. The average Bonchev–Trinajstić information content (AvgIpc) is 2.53. The van der Waals surface area contributed by atoms with Crippen molar-refractivity contribution in [2.45, 2.75) is 11.8 Å². The van der Waals surface area contributed by atoms with Gasteiger partial charge in [-0.05, 0) is 28.9 Å². The molecule has 0 saturated carbocycles. The quantitative estimate of drug-likeness (QED) is 0.814. The van der Waals surface area contributed by atoms with Crippen LogP contribution < -0.4 is 0 Å². The molecule has 0 spiro atoms. The summed E-state index contributed by atoms with van der Waals surface area (Å²) in [7, 11) is 0. The maximum atomic E-state index is 13.4. The van der Waals surface area contributed by atoms with E-state index in [1.54, 1.807) is 0 Å². The van der Waals surface area contributed by atoms with Crippen molar-refractivity contribution in [3.8, 4) is 0 Å². The van der Waals surface area contributed by atoms with Crippen LogP contribution in [0.5, 0.6) is 0 Å². The maximum absolute atomic E-state index is 13.4. The average molecular weight is 296 g/mol. The highest BCUT2D eigenvalue weighted by atomic mass is 19.3. The second-order valence-electron chi connectivity index (χ2n) is 5.22. The summed E-state index contributed by atoms with van der Waals surface area (Å²) in [5.74, 6) is -4.80. The van der Waals surface area contributed by atoms with Crippen LogP contribution in [0.15, 0.2) is 84.5 Å². The van der Waals surface area contributed by atoms with E-state index in [0.29, 0.717) is 11.6 Å². The molecule has 0 aromatic heterocycles. The lowest BCUT2D eigenvalue weighted by atomic mass is 9.82. The zero-order valence-electron chi connectivity index (χ0n) is 11.7. The monoisotopic (exact) mass is 296 g/mol. The van der Waals surface area contributed by atoms with Crippen LogP contribution in [-0.4, -0.2) is 11.7 Å². The summed E-state index contributed by atoms with van der Waals surface area (Å²) in [6, 6.07) is 19.1. The van der Waals surface area contributed by atoms with Gasteiger partial charge in [-0.25, -0.2) is 0 Å². The highest BCUT2D eigenvalue weighted by molar-refractivity contribution is 5.99. The standard InChI is InChI=1S/C19H14F2O/c20-19(21)12-11-16(13-17(19)22)18(14-7-3-1-4-8-14)15-9-5-2-6-10-15/h1-13,18H. The Labute approximate surface area is 127 Å². The summed E-state index contributed by atoms with van der Waals surface area (Å²) in [4.78, 5) is 11.6. The van der Waals surface area contributed by atoms with E-state index in [2.05, 4.69) is 0 Å². The first-order valence-corrected chi connectivity index (χ1v) is 7.01. The van der Waals surface area contributed by atoms with Gasteiger partial charge < -0.3 is 0 Å². The number of alkyl halides is 2. The molecule has 0 aliphatic heterocycles. The van der Waals surface area contributed by atoms with Crippen molar-refractivity contribution in [3.63, 3.8) is 0 Å². The first-order valence-electron chi connectivity index (χ1n) is 7.01. The molecule has 110 valence electrons. The van der Waals surface area contributed by atoms with Gasteiger partial charge in [-0.3, -0.25) is 4.79 Å². The van der Waals surface area contributed by atoms with Crippen LogP contribution in [0, 0.1) is 0 Å². The van der Waals surface area contributed by atoms with Crippen molar-refractivity contribution >= 4 is 5.78 Å². The van der Waals surface area contributed by atoms with Gasteiger partial charge in [0.25, 0.3) is 0 Å². The summed E-state index contributed by atoms with van der Waals surface area (Å²) >= 11 is 0. The van der Waals surface area contributed by atoms with E-state index >= 15 is 0 Å². The number of ketones is 1. The first-order chi connectivity index (χ1) is 10.6. The van der Waals surface area contributed by atoms with Crippen molar-refractivity contribution in [1.29, 1.82) is 0 Å². The van der Waals surface area contributed by atoms with Gasteiger partial charge in [0.05, 0.1) is 0 Å². The number of carbonyl (C=O) groups excluding carboxylic acids is 1. The second-order valence-corrected chi connectivity index (χ2v) is 5.22. The van der Waals surface area contributed by atoms with E-state index < -0.39 is 11.7 Å². The highest BCUT2D eigenvalue weighted by Gasteiger charge is 2.37. The molecule has 0 bridgehead atoms. The van der Waals surface area contributed by atoms with Crippen molar-refractivity contribution in [2.75, 3.05) is 0 Å². The van der Waals surface area contributed by atoms with Gasteiger partial charge in [0.1, 0.15) is 0 Å². The van der Waals surface area contributed by atoms with Crippen LogP contribution in [-0.2, 0) is 4.79 Å². The lowest BCUT2D eigenvalue weighted by Crippen LogP contribution is -2.27. The third kappa shape index (κ3) is 2.75. The largest absolute Gasteiger partial charge is 0.327 e. The predicted molar refractivity (Wildman–Crippen MR) is 81.9 cm³/mol. The van der Waals surface area contributed by atoms with Gasteiger partial charge >= 0.3 is 5.92 Å². The normalized spacial score (nSPS) is 16.7. The Morgan fingerprint density at radius 3 is 1.77 bits per heavy atom. The third-order valence-corrected chi connectivity index (χ3v) is 3.71. The smallest absolute Gasteiger partial charge is 0.288 e. The van der Waals surface area contributed by atoms with Crippen LogP contribution >= 0.6 is 0 Å².